The summed E-state index contributed by atoms with van der Waals surface area (Å²) in [5.41, 5.74) is 1.81. The topological polar surface area (TPSA) is 61.4 Å². The molecule has 0 saturated carbocycles. The predicted octanol–water partition coefficient (Wildman–Crippen LogP) is 0.803. The number of rotatable bonds is 4. The summed E-state index contributed by atoms with van der Waals surface area (Å²) in [6.45, 7) is 0.576. The molecule has 1 aromatic carbocycles. The second kappa shape index (κ2) is 6.05. The molecule has 3 rings (SSSR count). The van der Waals surface area contributed by atoms with Gasteiger partial charge in [-0.25, -0.2) is 0 Å². The van der Waals surface area contributed by atoms with Gasteiger partial charge in [-0.15, -0.1) is 0 Å². The van der Waals surface area contributed by atoms with Gasteiger partial charge in [-0.2, -0.15) is 0 Å². The third kappa shape index (κ3) is 2.74. The zero-order valence-corrected chi connectivity index (χ0v) is 12.5. The van der Waals surface area contributed by atoms with Gasteiger partial charge in [0, 0.05) is 31.3 Å². The Bertz CT molecular complexity index is 637. The molecular weight excluding hydrogens is 278 g/mol. The lowest BCUT2D eigenvalue weighted by atomic mass is 9.89. The van der Waals surface area contributed by atoms with E-state index in [9.17, 15) is 9.59 Å². The third-order valence-electron chi connectivity index (χ3n) is 4.05. The molecule has 2 aliphatic heterocycles. The van der Waals surface area contributed by atoms with Crippen molar-refractivity contribution in [3.8, 4) is 0 Å². The quantitative estimate of drug-likeness (QED) is 0.864. The maximum absolute atomic E-state index is 12.4. The van der Waals surface area contributed by atoms with Gasteiger partial charge in [0.2, 0.25) is 11.8 Å². The second-order valence-electron chi connectivity index (χ2n) is 5.55. The molecule has 0 fully saturated rings. The van der Waals surface area contributed by atoms with Gasteiger partial charge in [-0.05, 0) is 18.2 Å². The molecule has 114 valence electrons. The normalized spacial score (nSPS) is 22.9. The van der Waals surface area contributed by atoms with Gasteiger partial charge in [0.25, 0.3) is 0 Å². The van der Waals surface area contributed by atoms with Crippen molar-refractivity contribution in [1.29, 1.82) is 0 Å². The maximum atomic E-state index is 12.4. The molecule has 2 amide bonds. The van der Waals surface area contributed by atoms with Gasteiger partial charge in [-0.3, -0.25) is 9.59 Å². The molecule has 0 radical (unpaired) electrons. The highest BCUT2D eigenvalue weighted by molar-refractivity contribution is 5.99. The average Bonchev–Trinajstić information content (AvgIpc) is 3.01. The number of benzene rings is 1. The Morgan fingerprint density at radius 2 is 2.09 bits per heavy atom. The van der Waals surface area contributed by atoms with Gasteiger partial charge >= 0.3 is 0 Å². The van der Waals surface area contributed by atoms with Crippen LogP contribution in [-0.4, -0.2) is 36.3 Å². The van der Waals surface area contributed by atoms with Gasteiger partial charge in [0.05, 0.1) is 0 Å². The summed E-state index contributed by atoms with van der Waals surface area (Å²) >= 11 is 0. The molecule has 0 aromatic heterocycles. The summed E-state index contributed by atoms with van der Waals surface area (Å²) < 4.78 is 0. The molecule has 0 bridgehead atoms. The molecule has 0 aliphatic carbocycles. The molecule has 2 atom stereocenters. The molecule has 22 heavy (non-hydrogen) atoms. The predicted molar refractivity (Wildman–Crippen MR) is 83.6 cm³/mol. The first-order valence-corrected chi connectivity index (χ1v) is 7.40. The van der Waals surface area contributed by atoms with Crippen LogP contribution < -0.4 is 10.6 Å². The van der Waals surface area contributed by atoms with Crippen molar-refractivity contribution < 1.29 is 9.59 Å². The molecule has 1 aromatic rings. The highest BCUT2D eigenvalue weighted by atomic mass is 16.2. The fraction of sp³-hybridized carbons (Fsp3) is 0.294. The van der Waals surface area contributed by atoms with Crippen molar-refractivity contribution >= 4 is 11.8 Å². The minimum absolute atomic E-state index is 0.0177. The van der Waals surface area contributed by atoms with Crippen molar-refractivity contribution in [3.05, 3.63) is 59.9 Å². The number of amides is 2. The lowest BCUT2D eigenvalue weighted by Crippen LogP contribution is -2.49. The fourth-order valence-corrected chi connectivity index (χ4v) is 2.84. The first-order chi connectivity index (χ1) is 10.7. The van der Waals surface area contributed by atoms with Crippen molar-refractivity contribution in [3.63, 3.8) is 0 Å². The van der Waals surface area contributed by atoms with E-state index < -0.39 is 0 Å². The van der Waals surface area contributed by atoms with E-state index >= 15 is 0 Å². The third-order valence-corrected chi connectivity index (χ3v) is 4.05. The van der Waals surface area contributed by atoms with E-state index in [1.54, 1.807) is 19.4 Å². The van der Waals surface area contributed by atoms with E-state index in [-0.39, 0.29) is 23.8 Å². The summed E-state index contributed by atoms with van der Waals surface area (Å²) in [6.07, 6.45) is 6.05. The van der Waals surface area contributed by atoms with Crippen molar-refractivity contribution in [2.45, 2.75) is 12.5 Å². The first kappa shape index (κ1) is 14.4. The Labute approximate surface area is 129 Å². The summed E-state index contributed by atoms with van der Waals surface area (Å²) in [5, 5.41) is 5.95. The second-order valence-corrected chi connectivity index (χ2v) is 5.55. The van der Waals surface area contributed by atoms with Crippen LogP contribution in [0.2, 0.25) is 0 Å². The Kier molecular flexibility index (Phi) is 3.96. The Morgan fingerprint density at radius 1 is 1.32 bits per heavy atom. The zero-order valence-electron chi connectivity index (χ0n) is 12.5. The number of fused-ring (bicyclic) bond motifs is 1. The van der Waals surface area contributed by atoms with Crippen LogP contribution in [0.15, 0.2) is 54.4 Å². The van der Waals surface area contributed by atoms with Crippen molar-refractivity contribution in [1.82, 2.24) is 15.5 Å². The van der Waals surface area contributed by atoms with E-state index in [4.69, 9.17) is 0 Å². The van der Waals surface area contributed by atoms with E-state index in [1.165, 1.54) is 10.5 Å². The highest BCUT2D eigenvalue weighted by Crippen LogP contribution is 2.27. The number of carbonyl (C=O) groups excluding carboxylic acids is 2. The lowest BCUT2D eigenvalue weighted by molar-refractivity contribution is -0.131. The molecule has 2 N–H and O–H groups in total. The van der Waals surface area contributed by atoms with Crippen LogP contribution in [0.25, 0.3) is 0 Å². The minimum Gasteiger partial charge on any atom is -0.379 e. The van der Waals surface area contributed by atoms with Crippen LogP contribution in [0, 0.1) is 5.92 Å². The summed E-state index contributed by atoms with van der Waals surface area (Å²) in [6, 6.07) is 9.67. The summed E-state index contributed by atoms with van der Waals surface area (Å²) in [7, 11) is 1.68. The van der Waals surface area contributed by atoms with E-state index in [0.717, 1.165) is 6.42 Å². The van der Waals surface area contributed by atoms with E-state index in [2.05, 4.69) is 10.6 Å². The summed E-state index contributed by atoms with van der Waals surface area (Å²) in [5.74, 6) is -0.310. The van der Waals surface area contributed by atoms with Crippen LogP contribution in [-0.2, 0) is 16.0 Å². The van der Waals surface area contributed by atoms with Gasteiger partial charge < -0.3 is 15.5 Å². The highest BCUT2D eigenvalue weighted by Gasteiger charge is 2.39. The fourth-order valence-electron chi connectivity index (χ4n) is 2.84. The molecule has 5 nitrogen and oxygen atoms in total. The van der Waals surface area contributed by atoms with Crippen LogP contribution in [0.4, 0.5) is 0 Å². The zero-order chi connectivity index (χ0) is 15.5. The monoisotopic (exact) mass is 297 g/mol. The maximum Gasteiger partial charge on any atom is 0.249 e. The van der Waals surface area contributed by atoms with E-state index in [1.807, 2.05) is 36.4 Å². The van der Waals surface area contributed by atoms with Crippen LogP contribution >= 0.6 is 0 Å². The number of hydrogen-bond donors (Lipinski definition) is 2. The largest absolute Gasteiger partial charge is 0.379 e. The molecular formula is C17H19N3O2. The number of hydrogen-bond acceptors (Lipinski definition) is 3. The van der Waals surface area contributed by atoms with Crippen molar-refractivity contribution in [2.75, 3.05) is 13.6 Å². The summed E-state index contributed by atoms with van der Waals surface area (Å²) in [4.78, 5) is 25.9. The first-order valence-electron chi connectivity index (χ1n) is 7.40. The molecule has 2 aliphatic rings. The molecule has 0 spiro atoms. The minimum atomic E-state index is -0.357. The average molecular weight is 297 g/mol. The Balaban J connectivity index is 1.63. The molecule has 2 unspecified atom stereocenters. The Morgan fingerprint density at radius 3 is 2.86 bits per heavy atom. The van der Waals surface area contributed by atoms with Crippen molar-refractivity contribution in [2.24, 2.45) is 5.92 Å². The van der Waals surface area contributed by atoms with Gasteiger partial charge in [-0.1, -0.05) is 36.4 Å². The number of nitrogens with zero attached hydrogens (tertiary/aromatic N) is 1. The smallest absolute Gasteiger partial charge is 0.249 e. The van der Waals surface area contributed by atoms with Gasteiger partial charge in [0.15, 0.2) is 0 Å². The molecule has 5 heteroatoms. The Hall–Kier alpha value is -2.56. The standard InChI is InChI=1S/C17H19N3O2/c1-20-11-14(13-8-10-18-15(13)17(20)22)16(21)19-9-7-12-5-3-2-4-6-12/h2-6,8,10-11,13,15,18H,7,9H2,1H3,(H,19,21). The van der Waals surface area contributed by atoms with E-state index in [0.29, 0.717) is 12.1 Å². The number of carbonyl (C=O) groups is 2. The van der Waals surface area contributed by atoms with Crippen LogP contribution in [0.1, 0.15) is 5.56 Å². The molecule has 0 saturated heterocycles. The van der Waals surface area contributed by atoms with Gasteiger partial charge in [0.1, 0.15) is 6.04 Å². The van der Waals surface area contributed by atoms with Crippen LogP contribution in [0.5, 0.6) is 0 Å². The lowest BCUT2D eigenvalue weighted by Gasteiger charge is -2.30. The SMILES string of the molecule is CN1C=C(C(=O)NCCc2ccccc2)C2C=CNC2C1=O. The number of nitrogens with one attached hydrogen (secondary N) is 2. The number of likely N-dealkylation sites (N-methyl/N-ethyl adjacent to an activating group) is 1. The molecule has 2 heterocycles. The van der Waals surface area contributed by atoms with Crippen LogP contribution in [0.3, 0.4) is 0 Å².